The second-order valence-electron chi connectivity index (χ2n) is 6.06. The fourth-order valence-electron chi connectivity index (χ4n) is 2.76. The predicted octanol–water partition coefficient (Wildman–Crippen LogP) is 4.02. The van der Waals surface area contributed by atoms with Gasteiger partial charge in [-0.2, -0.15) is 5.10 Å². The Kier molecular flexibility index (Phi) is 5.27. The van der Waals surface area contributed by atoms with Crippen LogP contribution in [0, 0.1) is 17.5 Å². The molecule has 0 spiro atoms. The maximum Gasteiger partial charge on any atom is 0.262 e. The second-order valence-corrected chi connectivity index (χ2v) is 6.93. The summed E-state index contributed by atoms with van der Waals surface area (Å²) in [6.07, 6.45) is 6.73. The normalized spacial score (nSPS) is 10.9. The summed E-state index contributed by atoms with van der Waals surface area (Å²) < 4.78 is 42.5. The van der Waals surface area contributed by atoms with E-state index >= 15 is 0 Å². The van der Waals surface area contributed by atoms with E-state index in [1.54, 1.807) is 17.1 Å². The van der Waals surface area contributed by atoms with Gasteiger partial charge in [0.1, 0.15) is 11.4 Å². The number of carbonyl (C=O) groups is 1. The largest absolute Gasteiger partial charge is 0.305 e. The fourth-order valence-corrected chi connectivity index (χ4v) is 3.32. The first-order chi connectivity index (χ1) is 14.5. The average molecular weight is 430 g/mol. The molecule has 152 valence electrons. The molecule has 4 rings (SSSR count). The van der Waals surface area contributed by atoms with Crippen LogP contribution in [0.25, 0.3) is 16.4 Å². The van der Waals surface area contributed by atoms with E-state index in [1.165, 1.54) is 23.7 Å². The first-order valence-corrected chi connectivity index (χ1v) is 9.61. The summed E-state index contributed by atoms with van der Waals surface area (Å²) in [5.74, 6) is -5.29. The van der Waals surface area contributed by atoms with Crippen LogP contribution in [0.1, 0.15) is 23.0 Å². The molecule has 0 bridgehead atoms. The van der Waals surface area contributed by atoms with Gasteiger partial charge in [-0.15, -0.1) is 11.3 Å². The van der Waals surface area contributed by atoms with Crippen molar-refractivity contribution in [3.05, 3.63) is 71.0 Å². The molecule has 0 aliphatic heterocycles. The highest BCUT2D eigenvalue weighted by Crippen LogP contribution is 2.24. The van der Waals surface area contributed by atoms with Crippen molar-refractivity contribution in [3.8, 4) is 16.4 Å². The number of nitrogens with one attached hydrogen (secondary N) is 1. The van der Waals surface area contributed by atoms with Crippen LogP contribution in [0.15, 0.2) is 42.3 Å². The Morgan fingerprint density at radius 3 is 2.60 bits per heavy atom. The van der Waals surface area contributed by atoms with Crippen molar-refractivity contribution in [2.24, 2.45) is 0 Å². The minimum atomic E-state index is -1.57. The Hall–Kier alpha value is -3.60. The number of hydrogen-bond acceptors (Lipinski definition) is 6. The third-order valence-corrected chi connectivity index (χ3v) is 4.94. The van der Waals surface area contributed by atoms with Crippen LogP contribution in [-0.2, 0) is 6.42 Å². The van der Waals surface area contributed by atoms with Crippen LogP contribution >= 0.6 is 11.3 Å². The van der Waals surface area contributed by atoms with Gasteiger partial charge in [0, 0.05) is 23.3 Å². The molecule has 7 nitrogen and oxygen atoms in total. The summed E-state index contributed by atoms with van der Waals surface area (Å²) in [5.41, 5.74) is 0.982. The molecule has 1 N–H and O–H groups in total. The molecular formula is C19H13F3N6OS. The molecule has 0 aliphatic rings. The number of amides is 1. The van der Waals surface area contributed by atoms with Gasteiger partial charge in [-0.3, -0.25) is 9.78 Å². The van der Waals surface area contributed by atoms with E-state index in [9.17, 15) is 18.0 Å². The highest BCUT2D eigenvalue weighted by atomic mass is 32.1. The number of aromatic nitrogens is 5. The maximum atomic E-state index is 13.8. The SMILES string of the molecule is CCc1nn(-c2nccs2)cc1-c1cnc(NC(=O)c2c(F)ccc(F)c2F)cn1. The minimum Gasteiger partial charge on any atom is -0.305 e. The smallest absolute Gasteiger partial charge is 0.262 e. The first-order valence-electron chi connectivity index (χ1n) is 8.73. The molecular weight excluding hydrogens is 417 g/mol. The summed E-state index contributed by atoms with van der Waals surface area (Å²) in [4.78, 5) is 24.7. The lowest BCUT2D eigenvalue weighted by atomic mass is 10.1. The zero-order valence-electron chi connectivity index (χ0n) is 15.4. The number of hydrogen-bond donors (Lipinski definition) is 1. The second kappa shape index (κ2) is 8.03. The van der Waals surface area contributed by atoms with Gasteiger partial charge in [-0.25, -0.2) is 27.8 Å². The molecule has 1 amide bonds. The van der Waals surface area contributed by atoms with Crippen molar-refractivity contribution >= 4 is 23.1 Å². The lowest BCUT2D eigenvalue weighted by Crippen LogP contribution is -2.17. The molecule has 1 aromatic carbocycles. The fraction of sp³-hybridized carbons (Fsp3) is 0.105. The molecule has 0 atom stereocenters. The van der Waals surface area contributed by atoms with Crippen LogP contribution in [0.2, 0.25) is 0 Å². The molecule has 3 heterocycles. The quantitative estimate of drug-likeness (QED) is 0.484. The monoisotopic (exact) mass is 430 g/mol. The highest BCUT2D eigenvalue weighted by Gasteiger charge is 2.21. The number of thiazole rings is 1. The number of rotatable bonds is 5. The Morgan fingerprint density at radius 1 is 1.13 bits per heavy atom. The molecule has 11 heteroatoms. The molecule has 3 aromatic heterocycles. The van der Waals surface area contributed by atoms with Crippen LogP contribution in [-0.4, -0.2) is 30.6 Å². The molecule has 0 saturated carbocycles. The van der Waals surface area contributed by atoms with Crippen molar-refractivity contribution in [1.82, 2.24) is 24.7 Å². The van der Waals surface area contributed by atoms with Crippen molar-refractivity contribution in [2.75, 3.05) is 5.32 Å². The van der Waals surface area contributed by atoms with Gasteiger partial charge in [0.05, 0.1) is 23.8 Å². The third-order valence-electron chi connectivity index (χ3n) is 4.18. The van der Waals surface area contributed by atoms with E-state index in [-0.39, 0.29) is 5.82 Å². The molecule has 4 aromatic rings. The Balaban J connectivity index is 1.58. The van der Waals surface area contributed by atoms with E-state index in [0.717, 1.165) is 11.3 Å². The van der Waals surface area contributed by atoms with Gasteiger partial charge in [0.25, 0.3) is 5.91 Å². The van der Waals surface area contributed by atoms with Gasteiger partial charge in [0.2, 0.25) is 5.13 Å². The zero-order chi connectivity index (χ0) is 21.3. The van der Waals surface area contributed by atoms with Gasteiger partial charge in [0.15, 0.2) is 17.5 Å². The van der Waals surface area contributed by atoms with Gasteiger partial charge in [-0.05, 0) is 18.6 Å². The summed E-state index contributed by atoms with van der Waals surface area (Å²) >= 11 is 1.43. The number of anilines is 1. The van der Waals surface area contributed by atoms with Gasteiger partial charge < -0.3 is 5.32 Å². The summed E-state index contributed by atoms with van der Waals surface area (Å²) in [7, 11) is 0. The standard InChI is InChI=1S/C19H13F3N6OS/c1-2-13-10(9-28(27-13)19-23-5-6-30-19)14-7-25-15(8-24-14)26-18(29)16-11(20)3-4-12(21)17(16)22/h3-9H,2H2,1H3,(H,25,26,29). The van der Waals surface area contributed by atoms with Crippen molar-refractivity contribution in [3.63, 3.8) is 0 Å². The Morgan fingerprint density at radius 2 is 1.93 bits per heavy atom. The molecule has 0 saturated heterocycles. The highest BCUT2D eigenvalue weighted by molar-refractivity contribution is 7.12. The average Bonchev–Trinajstić information content (AvgIpc) is 3.41. The number of benzene rings is 1. The molecule has 0 fully saturated rings. The van der Waals surface area contributed by atoms with Crippen LogP contribution < -0.4 is 5.32 Å². The molecule has 30 heavy (non-hydrogen) atoms. The lowest BCUT2D eigenvalue weighted by Gasteiger charge is -2.07. The van der Waals surface area contributed by atoms with Crippen molar-refractivity contribution in [2.45, 2.75) is 13.3 Å². The third kappa shape index (κ3) is 3.66. The number of halogens is 3. The topological polar surface area (TPSA) is 85.6 Å². The maximum absolute atomic E-state index is 13.8. The lowest BCUT2D eigenvalue weighted by molar-refractivity contribution is 0.101. The Labute approximate surface area is 172 Å². The van der Waals surface area contributed by atoms with Crippen molar-refractivity contribution < 1.29 is 18.0 Å². The van der Waals surface area contributed by atoms with Crippen LogP contribution in [0.4, 0.5) is 19.0 Å². The van der Waals surface area contributed by atoms with Crippen LogP contribution in [0.5, 0.6) is 0 Å². The number of aryl methyl sites for hydroxylation is 1. The summed E-state index contributed by atoms with van der Waals surface area (Å²) in [6.45, 7) is 1.95. The van der Waals surface area contributed by atoms with Gasteiger partial charge >= 0.3 is 0 Å². The van der Waals surface area contributed by atoms with E-state index in [1.807, 2.05) is 12.3 Å². The van der Waals surface area contributed by atoms with E-state index in [2.05, 4.69) is 25.4 Å². The van der Waals surface area contributed by atoms with Gasteiger partial charge in [-0.1, -0.05) is 6.92 Å². The zero-order valence-corrected chi connectivity index (χ0v) is 16.3. The summed E-state index contributed by atoms with van der Waals surface area (Å²) in [6, 6.07) is 1.28. The first kappa shape index (κ1) is 19.7. The minimum absolute atomic E-state index is 0.0443. The number of nitrogens with zero attached hydrogens (tertiary/aromatic N) is 5. The molecule has 0 aliphatic carbocycles. The summed E-state index contributed by atoms with van der Waals surface area (Å²) in [5, 5.41) is 9.25. The molecule has 0 unspecified atom stereocenters. The molecule has 0 radical (unpaired) electrons. The van der Waals surface area contributed by atoms with Crippen molar-refractivity contribution in [1.29, 1.82) is 0 Å². The predicted molar refractivity (Wildman–Crippen MR) is 104 cm³/mol. The van der Waals surface area contributed by atoms with E-state index < -0.39 is 28.9 Å². The Bertz CT molecular complexity index is 1210. The van der Waals surface area contributed by atoms with E-state index in [4.69, 9.17) is 0 Å². The number of carbonyl (C=O) groups excluding carboxylic acids is 1. The van der Waals surface area contributed by atoms with Crippen LogP contribution in [0.3, 0.4) is 0 Å². The van der Waals surface area contributed by atoms with E-state index in [0.29, 0.717) is 29.4 Å².